The molecule has 5 nitrogen and oxygen atoms in total. The van der Waals surface area contributed by atoms with E-state index in [1.165, 1.54) is 0 Å². The number of hydrogen-bond donors (Lipinski definition) is 1. The van der Waals surface area contributed by atoms with E-state index in [1.54, 1.807) is 0 Å². The Morgan fingerprint density at radius 2 is 1.40 bits per heavy atom. The Morgan fingerprint density at radius 3 is 1.72 bits per heavy atom. The molecule has 0 radical (unpaired) electrons. The number of carbonyl (C=O) groups is 1. The number of hydrogen-bond acceptors (Lipinski definition) is 3. The first-order valence-electron chi connectivity index (χ1n) is 6.23. The van der Waals surface area contributed by atoms with Gasteiger partial charge in [0.15, 0.2) is 0 Å². The number of aliphatic carboxylic acids is 1. The van der Waals surface area contributed by atoms with Gasteiger partial charge >= 0.3 is 29.9 Å². The number of carboxylic acid groups (broad SMARTS) is 1. The zero-order valence-electron chi connectivity index (χ0n) is 12.3. The van der Waals surface area contributed by atoms with Crippen molar-refractivity contribution >= 4 is 16.0 Å². The van der Waals surface area contributed by atoms with Crippen LogP contribution >= 0.6 is 0 Å². The molecule has 0 atom stereocenters. The smallest absolute Gasteiger partial charge is 0.460 e. The van der Waals surface area contributed by atoms with Gasteiger partial charge in [-0.2, -0.15) is 43.8 Å². The fourth-order valence-corrected chi connectivity index (χ4v) is 2.98. The fraction of sp³-hybridized carbons (Fsp3) is 0.900. The van der Waals surface area contributed by atoms with Crippen LogP contribution in [0.2, 0.25) is 0 Å². The van der Waals surface area contributed by atoms with Gasteiger partial charge in [-0.3, -0.25) is 4.79 Å². The highest BCUT2D eigenvalue weighted by Crippen LogP contribution is 2.54. The van der Waals surface area contributed by atoms with E-state index in [1.807, 2.05) is 0 Å². The van der Waals surface area contributed by atoms with E-state index < -0.39 is 65.2 Å². The van der Waals surface area contributed by atoms with Crippen LogP contribution in [0.25, 0.3) is 0 Å². The fourth-order valence-electron chi connectivity index (χ4n) is 1.51. The third-order valence-electron chi connectivity index (χ3n) is 2.94. The Balaban J connectivity index is 5.48. The maximum atomic E-state index is 13.3. The molecular weight excluding hydrogens is 401 g/mol. The first-order chi connectivity index (χ1) is 10.8. The minimum atomic E-state index is -7.11. The Morgan fingerprint density at radius 1 is 0.960 bits per heavy atom. The summed E-state index contributed by atoms with van der Waals surface area (Å²) < 4.78 is 137. The van der Waals surface area contributed by atoms with Crippen molar-refractivity contribution in [3.63, 3.8) is 0 Å². The molecule has 0 aromatic carbocycles. The van der Waals surface area contributed by atoms with E-state index in [0.29, 0.717) is 0 Å². The van der Waals surface area contributed by atoms with Crippen LogP contribution in [-0.2, 0) is 14.8 Å². The normalized spacial score (nSPS) is 14.8. The van der Waals surface area contributed by atoms with Gasteiger partial charge in [0, 0.05) is 13.0 Å². The summed E-state index contributed by atoms with van der Waals surface area (Å²) in [5, 5.41) is 8.43. The lowest BCUT2D eigenvalue weighted by atomic mass is 10.0. The lowest BCUT2D eigenvalue weighted by Gasteiger charge is -2.33. The molecule has 0 saturated carbocycles. The van der Waals surface area contributed by atoms with E-state index in [4.69, 9.17) is 5.11 Å². The number of nitrogens with zero attached hydrogens (tertiary/aromatic N) is 1. The molecule has 0 rings (SSSR count). The Kier molecular flexibility index (Phi) is 6.81. The number of halogens is 9. The molecule has 0 aromatic rings. The minimum absolute atomic E-state index is 0.0610. The summed E-state index contributed by atoms with van der Waals surface area (Å²) in [5.41, 5.74) is 0. The second-order valence-electron chi connectivity index (χ2n) is 4.74. The number of alkyl halides is 9. The van der Waals surface area contributed by atoms with Crippen LogP contribution in [0.3, 0.4) is 0 Å². The molecule has 0 unspecified atom stereocenters. The van der Waals surface area contributed by atoms with Crippen LogP contribution in [0, 0.1) is 0 Å². The molecule has 0 saturated heterocycles. The molecule has 0 aliphatic heterocycles. The van der Waals surface area contributed by atoms with Crippen LogP contribution in [0.4, 0.5) is 39.5 Å². The third-order valence-corrected chi connectivity index (χ3v) is 4.84. The molecule has 0 amide bonds. The summed E-state index contributed by atoms with van der Waals surface area (Å²) >= 11 is 0. The SMILES string of the molecule is CCN(CC(=O)O)S(=O)(=O)CCC(F)(F)C(F)(F)C(F)(F)C(F)(F)F. The first kappa shape index (κ1) is 23.8. The van der Waals surface area contributed by atoms with Crippen LogP contribution < -0.4 is 0 Å². The van der Waals surface area contributed by atoms with Crippen LogP contribution in [0.1, 0.15) is 13.3 Å². The van der Waals surface area contributed by atoms with Crippen molar-refractivity contribution in [2.24, 2.45) is 0 Å². The summed E-state index contributed by atoms with van der Waals surface area (Å²) in [6.45, 7) is -0.764. The number of likely N-dealkylation sites (N-methyl/N-ethyl adjacent to an activating group) is 1. The van der Waals surface area contributed by atoms with Crippen molar-refractivity contribution in [2.75, 3.05) is 18.8 Å². The van der Waals surface area contributed by atoms with E-state index in [2.05, 4.69) is 0 Å². The molecule has 0 aromatic heterocycles. The van der Waals surface area contributed by atoms with Gasteiger partial charge in [0.25, 0.3) is 0 Å². The van der Waals surface area contributed by atoms with Crippen molar-refractivity contribution in [3.8, 4) is 0 Å². The predicted molar refractivity (Wildman–Crippen MR) is 64.2 cm³/mol. The molecule has 0 bridgehead atoms. The van der Waals surface area contributed by atoms with Crippen LogP contribution in [0.5, 0.6) is 0 Å². The monoisotopic (exact) mass is 413 g/mol. The van der Waals surface area contributed by atoms with E-state index in [9.17, 15) is 52.7 Å². The van der Waals surface area contributed by atoms with Gasteiger partial charge in [0.1, 0.15) is 6.54 Å². The maximum absolute atomic E-state index is 13.3. The van der Waals surface area contributed by atoms with E-state index in [0.717, 1.165) is 6.92 Å². The highest BCUT2D eigenvalue weighted by Gasteiger charge is 2.81. The van der Waals surface area contributed by atoms with Gasteiger partial charge in [-0.05, 0) is 0 Å². The Hall–Kier alpha value is -1.25. The second kappa shape index (κ2) is 7.17. The second-order valence-corrected chi connectivity index (χ2v) is 6.83. The average Bonchev–Trinajstić information content (AvgIpc) is 2.40. The molecule has 15 heteroatoms. The number of carboxylic acids is 1. The van der Waals surface area contributed by atoms with Gasteiger partial charge < -0.3 is 5.11 Å². The molecular formula is C10H12F9NO4S. The lowest BCUT2D eigenvalue weighted by Crippen LogP contribution is -2.61. The van der Waals surface area contributed by atoms with Crippen molar-refractivity contribution in [1.82, 2.24) is 4.31 Å². The molecule has 0 spiro atoms. The molecule has 0 aliphatic carbocycles. The summed E-state index contributed by atoms with van der Waals surface area (Å²) in [7, 11) is -4.93. The Bertz CT molecular complexity index is 588. The number of rotatable bonds is 9. The van der Waals surface area contributed by atoms with Crippen molar-refractivity contribution in [2.45, 2.75) is 37.3 Å². The zero-order chi connectivity index (χ0) is 20.5. The summed E-state index contributed by atoms with van der Waals surface area (Å²) in [4.78, 5) is 10.4. The maximum Gasteiger partial charge on any atom is 0.460 e. The summed E-state index contributed by atoms with van der Waals surface area (Å²) in [6, 6.07) is 0. The predicted octanol–water partition coefficient (Wildman–Crippen LogP) is 2.58. The summed E-state index contributed by atoms with van der Waals surface area (Å²) in [6.07, 6.45) is -9.58. The van der Waals surface area contributed by atoms with Gasteiger partial charge in [0.05, 0.1) is 5.75 Å². The first-order valence-corrected chi connectivity index (χ1v) is 7.84. The van der Waals surface area contributed by atoms with Crippen molar-refractivity contribution < 1.29 is 57.8 Å². The number of sulfonamides is 1. The van der Waals surface area contributed by atoms with Crippen molar-refractivity contribution in [1.29, 1.82) is 0 Å². The molecule has 150 valence electrons. The Labute approximate surface area is 135 Å². The molecule has 25 heavy (non-hydrogen) atoms. The lowest BCUT2D eigenvalue weighted by molar-refractivity contribution is -0.396. The minimum Gasteiger partial charge on any atom is -0.480 e. The third kappa shape index (κ3) is 4.89. The molecule has 0 aliphatic rings. The largest absolute Gasteiger partial charge is 0.480 e. The van der Waals surface area contributed by atoms with Crippen LogP contribution in [0.15, 0.2) is 0 Å². The van der Waals surface area contributed by atoms with Gasteiger partial charge in [0.2, 0.25) is 10.0 Å². The summed E-state index contributed by atoms with van der Waals surface area (Å²) in [5.74, 6) is -23.8. The van der Waals surface area contributed by atoms with Crippen LogP contribution in [-0.4, -0.2) is 66.6 Å². The van der Waals surface area contributed by atoms with Gasteiger partial charge in [-0.1, -0.05) is 6.92 Å². The standard InChI is InChI=1S/C10H12F9NO4S/c1-2-20(5-6(21)22)25(23,24)4-3-7(11,12)8(13,14)9(15,16)10(17,18)19/h2-5H2,1H3,(H,21,22). The van der Waals surface area contributed by atoms with Gasteiger partial charge in [-0.25, -0.2) is 8.42 Å². The molecule has 1 N–H and O–H groups in total. The average molecular weight is 413 g/mol. The van der Waals surface area contributed by atoms with Crippen molar-refractivity contribution in [3.05, 3.63) is 0 Å². The van der Waals surface area contributed by atoms with E-state index >= 15 is 0 Å². The quantitative estimate of drug-likeness (QED) is 0.590. The topological polar surface area (TPSA) is 74.7 Å². The van der Waals surface area contributed by atoms with Gasteiger partial charge in [-0.15, -0.1) is 0 Å². The van der Waals surface area contributed by atoms with E-state index in [-0.39, 0.29) is 4.31 Å². The molecule has 0 fully saturated rings. The highest BCUT2D eigenvalue weighted by molar-refractivity contribution is 7.89. The highest BCUT2D eigenvalue weighted by atomic mass is 32.2. The zero-order valence-corrected chi connectivity index (χ0v) is 13.1. The molecule has 0 heterocycles.